The lowest BCUT2D eigenvalue weighted by Gasteiger charge is -2.09. The Morgan fingerprint density at radius 3 is 2.95 bits per heavy atom. The zero-order valence-corrected chi connectivity index (χ0v) is 11.6. The maximum atomic E-state index is 12.0. The van der Waals surface area contributed by atoms with Crippen molar-refractivity contribution >= 4 is 5.91 Å². The van der Waals surface area contributed by atoms with Crippen LogP contribution >= 0.6 is 0 Å². The second-order valence-electron chi connectivity index (χ2n) is 4.62. The molecule has 0 aliphatic carbocycles. The highest BCUT2D eigenvalue weighted by Crippen LogP contribution is 2.12. The SMILES string of the molecule is O=C(NCC(O)c1ccco1)c1ccc(-n2ccnc2)nc1. The van der Waals surface area contributed by atoms with Crippen LogP contribution in [0, 0.1) is 0 Å². The molecule has 7 heteroatoms. The molecule has 3 aromatic rings. The van der Waals surface area contributed by atoms with E-state index >= 15 is 0 Å². The maximum Gasteiger partial charge on any atom is 0.252 e. The lowest BCUT2D eigenvalue weighted by atomic mass is 10.2. The normalized spacial score (nSPS) is 12.0. The van der Waals surface area contributed by atoms with Crippen LogP contribution in [-0.2, 0) is 0 Å². The highest BCUT2D eigenvalue weighted by molar-refractivity contribution is 5.93. The minimum Gasteiger partial charge on any atom is -0.467 e. The van der Waals surface area contributed by atoms with E-state index in [9.17, 15) is 9.90 Å². The molecular weight excluding hydrogens is 284 g/mol. The summed E-state index contributed by atoms with van der Waals surface area (Å²) in [6.07, 6.45) is 7.11. The molecule has 0 aliphatic rings. The van der Waals surface area contributed by atoms with Gasteiger partial charge < -0.3 is 14.8 Å². The van der Waals surface area contributed by atoms with Crippen LogP contribution < -0.4 is 5.32 Å². The molecule has 22 heavy (non-hydrogen) atoms. The molecule has 1 amide bonds. The Bertz CT molecular complexity index is 721. The molecule has 0 aromatic carbocycles. The highest BCUT2D eigenvalue weighted by Gasteiger charge is 2.13. The van der Waals surface area contributed by atoms with Crippen molar-refractivity contribution in [3.8, 4) is 5.82 Å². The molecule has 3 heterocycles. The molecule has 3 aromatic heterocycles. The molecule has 3 rings (SSSR count). The minimum absolute atomic E-state index is 0.0651. The number of nitrogens with one attached hydrogen (secondary N) is 1. The van der Waals surface area contributed by atoms with Gasteiger partial charge in [-0.3, -0.25) is 9.36 Å². The zero-order valence-electron chi connectivity index (χ0n) is 11.6. The van der Waals surface area contributed by atoms with Crippen molar-refractivity contribution < 1.29 is 14.3 Å². The number of aliphatic hydroxyl groups is 1. The van der Waals surface area contributed by atoms with Gasteiger partial charge >= 0.3 is 0 Å². The first-order valence-corrected chi connectivity index (χ1v) is 6.68. The minimum atomic E-state index is -0.878. The number of aliphatic hydroxyl groups excluding tert-OH is 1. The number of carbonyl (C=O) groups excluding carboxylic acids is 1. The van der Waals surface area contributed by atoms with E-state index in [-0.39, 0.29) is 12.5 Å². The van der Waals surface area contributed by atoms with Crippen LogP contribution in [0.5, 0.6) is 0 Å². The van der Waals surface area contributed by atoms with Crippen LogP contribution in [-0.4, -0.2) is 32.1 Å². The number of pyridine rings is 1. The quantitative estimate of drug-likeness (QED) is 0.741. The second-order valence-corrected chi connectivity index (χ2v) is 4.62. The highest BCUT2D eigenvalue weighted by atomic mass is 16.4. The van der Waals surface area contributed by atoms with Crippen LogP contribution in [0.1, 0.15) is 22.2 Å². The molecule has 0 saturated heterocycles. The number of imidazole rings is 1. The Labute approximate surface area is 126 Å². The number of hydrogen-bond donors (Lipinski definition) is 2. The second kappa shape index (κ2) is 6.23. The smallest absolute Gasteiger partial charge is 0.252 e. The van der Waals surface area contributed by atoms with Crippen molar-refractivity contribution in [2.75, 3.05) is 6.54 Å². The Morgan fingerprint density at radius 1 is 1.41 bits per heavy atom. The fraction of sp³-hybridized carbons (Fsp3) is 0.133. The Kier molecular flexibility index (Phi) is 3.97. The van der Waals surface area contributed by atoms with E-state index in [1.165, 1.54) is 12.5 Å². The van der Waals surface area contributed by atoms with E-state index in [1.54, 1.807) is 47.6 Å². The van der Waals surface area contributed by atoms with Crippen molar-refractivity contribution in [2.45, 2.75) is 6.10 Å². The van der Waals surface area contributed by atoms with Gasteiger partial charge in [-0.1, -0.05) is 0 Å². The van der Waals surface area contributed by atoms with Gasteiger partial charge in [-0.2, -0.15) is 0 Å². The number of furan rings is 1. The van der Waals surface area contributed by atoms with E-state index in [2.05, 4.69) is 15.3 Å². The van der Waals surface area contributed by atoms with Crippen LogP contribution in [0.25, 0.3) is 5.82 Å². The number of hydrogen-bond acceptors (Lipinski definition) is 5. The molecule has 7 nitrogen and oxygen atoms in total. The van der Waals surface area contributed by atoms with E-state index < -0.39 is 6.10 Å². The third kappa shape index (κ3) is 3.04. The summed E-state index contributed by atoms with van der Waals surface area (Å²) < 4.78 is 6.81. The summed E-state index contributed by atoms with van der Waals surface area (Å²) in [6, 6.07) is 6.72. The van der Waals surface area contributed by atoms with Crippen LogP contribution in [0.15, 0.2) is 59.9 Å². The van der Waals surface area contributed by atoms with Gasteiger partial charge in [-0.05, 0) is 24.3 Å². The molecule has 0 radical (unpaired) electrons. The van der Waals surface area contributed by atoms with Crippen molar-refractivity contribution in [3.63, 3.8) is 0 Å². The van der Waals surface area contributed by atoms with Gasteiger partial charge in [-0.15, -0.1) is 0 Å². The number of aromatic nitrogens is 3. The molecule has 0 aliphatic heterocycles. The first kappa shape index (κ1) is 14.0. The van der Waals surface area contributed by atoms with E-state index in [0.717, 1.165) is 0 Å². The predicted octanol–water partition coefficient (Wildman–Crippen LogP) is 1.32. The maximum absolute atomic E-state index is 12.0. The van der Waals surface area contributed by atoms with E-state index in [4.69, 9.17) is 4.42 Å². The van der Waals surface area contributed by atoms with Gasteiger partial charge in [0.05, 0.1) is 18.4 Å². The fourth-order valence-electron chi connectivity index (χ4n) is 1.94. The van der Waals surface area contributed by atoms with Gasteiger partial charge in [0.25, 0.3) is 5.91 Å². The van der Waals surface area contributed by atoms with Gasteiger partial charge in [0.2, 0.25) is 0 Å². The number of carbonyl (C=O) groups is 1. The van der Waals surface area contributed by atoms with Gasteiger partial charge in [0.15, 0.2) is 0 Å². The standard InChI is InChI=1S/C15H14N4O3/c20-12(13-2-1-7-22-13)9-18-15(21)11-3-4-14(17-8-11)19-6-5-16-10-19/h1-8,10,12,20H,9H2,(H,18,21). The predicted molar refractivity (Wildman–Crippen MR) is 77.4 cm³/mol. The van der Waals surface area contributed by atoms with Crippen molar-refractivity contribution in [1.29, 1.82) is 0 Å². The van der Waals surface area contributed by atoms with Crippen molar-refractivity contribution in [3.05, 3.63) is 66.8 Å². The third-order valence-corrected chi connectivity index (χ3v) is 3.11. The van der Waals surface area contributed by atoms with E-state index in [1.807, 2.05) is 0 Å². The molecule has 2 N–H and O–H groups in total. The topological polar surface area (TPSA) is 93.2 Å². The average Bonchev–Trinajstić information content (AvgIpc) is 3.25. The van der Waals surface area contributed by atoms with E-state index in [0.29, 0.717) is 17.1 Å². The van der Waals surface area contributed by atoms with Crippen LogP contribution in [0.3, 0.4) is 0 Å². The summed E-state index contributed by atoms with van der Waals surface area (Å²) in [4.78, 5) is 20.1. The van der Waals surface area contributed by atoms with Gasteiger partial charge in [0.1, 0.15) is 24.0 Å². The summed E-state index contributed by atoms with van der Waals surface area (Å²) in [5.41, 5.74) is 0.413. The molecule has 0 bridgehead atoms. The summed E-state index contributed by atoms with van der Waals surface area (Å²) in [7, 11) is 0. The monoisotopic (exact) mass is 298 g/mol. The molecule has 0 fully saturated rings. The fourth-order valence-corrected chi connectivity index (χ4v) is 1.94. The Morgan fingerprint density at radius 2 is 2.32 bits per heavy atom. The van der Waals surface area contributed by atoms with Crippen molar-refractivity contribution in [2.24, 2.45) is 0 Å². The average molecular weight is 298 g/mol. The largest absolute Gasteiger partial charge is 0.467 e. The molecule has 1 atom stereocenters. The molecule has 1 unspecified atom stereocenters. The molecule has 112 valence electrons. The summed E-state index contributed by atoms with van der Waals surface area (Å²) in [5.74, 6) is 0.772. The van der Waals surface area contributed by atoms with Crippen LogP contribution in [0.2, 0.25) is 0 Å². The first-order valence-electron chi connectivity index (χ1n) is 6.68. The lowest BCUT2D eigenvalue weighted by Crippen LogP contribution is -2.28. The Balaban J connectivity index is 1.60. The molecule has 0 saturated carbocycles. The number of amides is 1. The first-order chi connectivity index (χ1) is 10.7. The van der Waals surface area contributed by atoms with Gasteiger partial charge in [0, 0.05) is 18.6 Å². The molecule has 0 spiro atoms. The van der Waals surface area contributed by atoms with Crippen LogP contribution in [0.4, 0.5) is 0 Å². The molecular formula is C15H14N4O3. The number of rotatable bonds is 5. The summed E-state index contributed by atoms with van der Waals surface area (Å²) >= 11 is 0. The van der Waals surface area contributed by atoms with Gasteiger partial charge in [-0.25, -0.2) is 9.97 Å². The Hall–Kier alpha value is -2.93. The number of nitrogens with zero attached hydrogens (tertiary/aromatic N) is 3. The lowest BCUT2D eigenvalue weighted by molar-refractivity contribution is 0.0901. The summed E-state index contributed by atoms with van der Waals surface area (Å²) in [6.45, 7) is 0.0651. The van der Waals surface area contributed by atoms with Crippen molar-refractivity contribution in [1.82, 2.24) is 19.9 Å². The summed E-state index contributed by atoms with van der Waals surface area (Å²) in [5, 5.41) is 12.5. The third-order valence-electron chi connectivity index (χ3n) is 3.11. The zero-order chi connectivity index (χ0) is 15.4.